The first-order chi connectivity index (χ1) is 7.67. The minimum absolute atomic E-state index is 0.102. The summed E-state index contributed by atoms with van der Waals surface area (Å²) >= 11 is 3.33. The second kappa shape index (κ2) is 6.48. The molecule has 1 heterocycles. The van der Waals surface area contributed by atoms with Crippen LogP contribution in [0.25, 0.3) is 0 Å². The van der Waals surface area contributed by atoms with Gasteiger partial charge < -0.3 is 10.2 Å². The van der Waals surface area contributed by atoms with E-state index in [0.717, 1.165) is 23.2 Å². The summed E-state index contributed by atoms with van der Waals surface area (Å²) < 4.78 is 0.896. The quantitative estimate of drug-likeness (QED) is 0.902. The van der Waals surface area contributed by atoms with Crippen LogP contribution < -0.4 is 5.32 Å². The van der Waals surface area contributed by atoms with Gasteiger partial charge in [-0.25, -0.2) is 0 Å². The highest BCUT2D eigenvalue weighted by molar-refractivity contribution is 9.10. The molecule has 0 aliphatic rings. The molecule has 16 heavy (non-hydrogen) atoms. The van der Waals surface area contributed by atoms with E-state index >= 15 is 0 Å². The van der Waals surface area contributed by atoms with E-state index in [2.05, 4.69) is 26.2 Å². The van der Waals surface area contributed by atoms with E-state index in [0.29, 0.717) is 6.54 Å². The van der Waals surface area contributed by atoms with Crippen LogP contribution in [0.3, 0.4) is 0 Å². The number of hydrogen-bond acceptors (Lipinski definition) is 3. The molecule has 1 aromatic rings. The molecule has 0 radical (unpaired) electrons. The molecule has 0 aliphatic heterocycles. The molecule has 0 aromatic carbocycles. The van der Waals surface area contributed by atoms with Crippen molar-refractivity contribution in [1.82, 2.24) is 9.88 Å². The summed E-state index contributed by atoms with van der Waals surface area (Å²) in [4.78, 5) is 17.5. The minimum Gasteiger partial charge on any atom is -0.375 e. The summed E-state index contributed by atoms with van der Waals surface area (Å²) in [5, 5.41) is 3.05. The Hall–Kier alpha value is -1.10. The van der Waals surface area contributed by atoms with Crippen molar-refractivity contribution in [2.24, 2.45) is 0 Å². The Morgan fingerprint density at radius 2 is 2.12 bits per heavy atom. The Kier molecular flexibility index (Phi) is 5.25. The average molecular weight is 286 g/mol. The van der Waals surface area contributed by atoms with Gasteiger partial charge in [0.2, 0.25) is 5.91 Å². The second-order valence-corrected chi connectivity index (χ2v) is 4.23. The number of nitrogens with one attached hydrogen (secondary N) is 1. The minimum atomic E-state index is 0.102. The van der Waals surface area contributed by atoms with E-state index in [1.807, 2.05) is 19.9 Å². The van der Waals surface area contributed by atoms with E-state index in [9.17, 15) is 4.79 Å². The van der Waals surface area contributed by atoms with Crippen LogP contribution in [0, 0.1) is 0 Å². The number of nitrogens with zero attached hydrogens (tertiary/aromatic N) is 2. The van der Waals surface area contributed by atoms with Gasteiger partial charge in [-0.3, -0.25) is 9.78 Å². The maximum Gasteiger partial charge on any atom is 0.241 e. The van der Waals surface area contributed by atoms with Crippen molar-refractivity contribution in [1.29, 1.82) is 0 Å². The third-order valence-electron chi connectivity index (χ3n) is 2.26. The summed E-state index contributed by atoms with van der Waals surface area (Å²) in [5.74, 6) is 0.102. The number of hydrogen-bond donors (Lipinski definition) is 1. The van der Waals surface area contributed by atoms with E-state index in [4.69, 9.17) is 0 Å². The third kappa shape index (κ3) is 3.81. The normalized spacial score (nSPS) is 9.94. The van der Waals surface area contributed by atoms with Crippen molar-refractivity contribution in [2.75, 3.05) is 25.0 Å². The maximum absolute atomic E-state index is 11.7. The fourth-order valence-corrected chi connectivity index (χ4v) is 1.74. The third-order valence-corrected chi connectivity index (χ3v) is 2.70. The van der Waals surface area contributed by atoms with Gasteiger partial charge in [-0.05, 0) is 35.8 Å². The van der Waals surface area contributed by atoms with E-state index < -0.39 is 0 Å². The van der Waals surface area contributed by atoms with Gasteiger partial charge >= 0.3 is 0 Å². The van der Waals surface area contributed by atoms with Crippen molar-refractivity contribution in [3.05, 3.63) is 22.9 Å². The van der Waals surface area contributed by atoms with Gasteiger partial charge in [-0.15, -0.1) is 0 Å². The van der Waals surface area contributed by atoms with Gasteiger partial charge in [-0.1, -0.05) is 0 Å². The van der Waals surface area contributed by atoms with Gasteiger partial charge in [-0.2, -0.15) is 0 Å². The maximum atomic E-state index is 11.7. The molecule has 1 rings (SSSR count). The predicted molar refractivity (Wildman–Crippen MR) is 68.4 cm³/mol. The molecule has 0 unspecified atom stereocenters. The van der Waals surface area contributed by atoms with Crippen LogP contribution in [0.2, 0.25) is 0 Å². The lowest BCUT2D eigenvalue weighted by atomic mass is 10.4. The number of aromatic nitrogens is 1. The average Bonchev–Trinajstić information content (AvgIpc) is 2.28. The van der Waals surface area contributed by atoms with Gasteiger partial charge in [0.15, 0.2) is 0 Å². The zero-order valence-electron chi connectivity index (χ0n) is 9.53. The zero-order valence-corrected chi connectivity index (χ0v) is 11.1. The Morgan fingerprint density at radius 1 is 1.44 bits per heavy atom. The molecule has 1 N–H and O–H groups in total. The molecule has 88 valence electrons. The summed E-state index contributed by atoms with van der Waals surface area (Å²) in [6.45, 7) is 5.74. The van der Waals surface area contributed by atoms with Crippen LogP contribution in [0.5, 0.6) is 0 Å². The molecule has 1 aromatic heterocycles. The number of anilines is 1. The molecular weight excluding hydrogens is 270 g/mol. The van der Waals surface area contributed by atoms with Crippen LogP contribution in [0.4, 0.5) is 5.69 Å². The van der Waals surface area contributed by atoms with Crippen molar-refractivity contribution < 1.29 is 4.79 Å². The largest absolute Gasteiger partial charge is 0.375 e. The van der Waals surface area contributed by atoms with Crippen molar-refractivity contribution in [3.63, 3.8) is 0 Å². The number of likely N-dealkylation sites (N-methyl/N-ethyl adjacent to an activating group) is 1. The first-order valence-electron chi connectivity index (χ1n) is 5.29. The van der Waals surface area contributed by atoms with E-state index in [-0.39, 0.29) is 5.91 Å². The molecule has 1 amide bonds. The molecule has 0 bridgehead atoms. The van der Waals surface area contributed by atoms with Crippen molar-refractivity contribution in [3.8, 4) is 0 Å². The smallest absolute Gasteiger partial charge is 0.241 e. The molecule has 5 heteroatoms. The van der Waals surface area contributed by atoms with E-state index in [1.165, 1.54) is 0 Å². The molecule has 0 aliphatic carbocycles. The van der Waals surface area contributed by atoms with Gasteiger partial charge in [0, 0.05) is 23.8 Å². The van der Waals surface area contributed by atoms with Crippen LogP contribution in [-0.4, -0.2) is 35.4 Å². The van der Waals surface area contributed by atoms with Gasteiger partial charge in [0.25, 0.3) is 0 Å². The lowest BCUT2D eigenvalue weighted by molar-refractivity contribution is -0.128. The number of amides is 1. The van der Waals surface area contributed by atoms with Crippen molar-refractivity contribution >= 4 is 27.5 Å². The fraction of sp³-hybridized carbons (Fsp3) is 0.455. The van der Waals surface area contributed by atoms with Crippen LogP contribution in [0.15, 0.2) is 22.9 Å². The molecule has 0 spiro atoms. The molecule has 0 saturated heterocycles. The first kappa shape index (κ1) is 13.0. The summed E-state index contributed by atoms with van der Waals surface area (Å²) in [7, 11) is 0. The molecular formula is C11H16BrN3O. The molecule has 4 nitrogen and oxygen atoms in total. The zero-order chi connectivity index (χ0) is 12.0. The van der Waals surface area contributed by atoms with Crippen LogP contribution >= 0.6 is 15.9 Å². The first-order valence-corrected chi connectivity index (χ1v) is 6.08. The standard InChI is InChI=1S/C11H16BrN3O/c1-3-15(4-2)11(16)8-14-10-5-9(12)6-13-7-10/h5-7,14H,3-4,8H2,1-2H3. The van der Waals surface area contributed by atoms with Crippen LogP contribution in [0.1, 0.15) is 13.8 Å². The second-order valence-electron chi connectivity index (χ2n) is 3.31. The number of carbonyl (C=O) groups is 1. The summed E-state index contributed by atoms with van der Waals surface area (Å²) in [6, 6.07) is 1.89. The highest BCUT2D eigenvalue weighted by atomic mass is 79.9. The Bertz CT molecular complexity index is 353. The number of pyridine rings is 1. The highest BCUT2D eigenvalue weighted by Gasteiger charge is 2.08. The van der Waals surface area contributed by atoms with Gasteiger partial charge in [0.1, 0.15) is 0 Å². The van der Waals surface area contributed by atoms with Gasteiger partial charge in [0.05, 0.1) is 18.4 Å². The Labute approximate surface area is 104 Å². The monoisotopic (exact) mass is 285 g/mol. The SMILES string of the molecule is CCN(CC)C(=O)CNc1cncc(Br)c1. The topological polar surface area (TPSA) is 45.2 Å². The summed E-state index contributed by atoms with van der Waals surface area (Å²) in [6.07, 6.45) is 3.40. The number of halogens is 1. The van der Waals surface area contributed by atoms with Crippen molar-refractivity contribution in [2.45, 2.75) is 13.8 Å². The summed E-state index contributed by atoms with van der Waals surface area (Å²) in [5.41, 5.74) is 0.842. The highest BCUT2D eigenvalue weighted by Crippen LogP contribution is 2.13. The Balaban J connectivity index is 2.48. The fourth-order valence-electron chi connectivity index (χ4n) is 1.37. The molecule has 0 atom stereocenters. The number of carbonyl (C=O) groups excluding carboxylic acids is 1. The predicted octanol–water partition coefficient (Wildman–Crippen LogP) is 2.12. The molecule has 0 saturated carbocycles. The van der Waals surface area contributed by atoms with Crippen LogP contribution in [-0.2, 0) is 4.79 Å². The number of rotatable bonds is 5. The molecule has 0 fully saturated rings. The lowest BCUT2D eigenvalue weighted by Crippen LogP contribution is -2.35. The van der Waals surface area contributed by atoms with E-state index in [1.54, 1.807) is 17.3 Å². The lowest BCUT2D eigenvalue weighted by Gasteiger charge is -2.19. The Morgan fingerprint density at radius 3 is 2.69 bits per heavy atom.